The molecule has 66 valence electrons. The molecular formula is C10H14OS. The Hall–Kier alpha value is -0.760. The van der Waals surface area contributed by atoms with Crippen LogP contribution in [0.15, 0.2) is 33.9 Å². The third kappa shape index (κ3) is 2.38. The summed E-state index contributed by atoms with van der Waals surface area (Å²) in [6.07, 6.45) is 9.17. The first-order chi connectivity index (χ1) is 5.88. The Morgan fingerprint density at radius 1 is 1.42 bits per heavy atom. The largest absolute Gasteiger partial charge is 0.297 e. The van der Waals surface area contributed by atoms with Crippen LogP contribution in [0.3, 0.4) is 0 Å². The normalized spacial score (nSPS) is 18.8. The van der Waals surface area contributed by atoms with E-state index in [4.69, 9.17) is 0 Å². The van der Waals surface area contributed by atoms with Crippen molar-refractivity contribution >= 4 is 17.2 Å². The van der Waals surface area contributed by atoms with E-state index in [0.717, 1.165) is 24.0 Å². The van der Waals surface area contributed by atoms with Crippen LogP contribution in [0.4, 0.5) is 0 Å². The molecule has 1 heterocycles. The van der Waals surface area contributed by atoms with Crippen molar-refractivity contribution in [1.29, 1.82) is 0 Å². The van der Waals surface area contributed by atoms with Gasteiger partial charge in [-0.25, -0.2) is 0 Å². The van der Waals surface area contributed by atoms with Gasteiger partial charge in [0.1, 0.15) is 0 Å². The number of hydrogen-bond acceptors (Lipinski definition) is 1. The third-order valence-corrected chi connectivity index (χ3v) is 3.54. The molecule has 12 heavy (non-hydrogen) atoms. The summed E-state index contributed by atoms with van der Waals surface area (Å²) in [6.45, 7) is 2.12. The molecule has 0 unspecified atom stereocenters. The van der Waals surface area contributed by atoms with Crippen molar-refractivity contribution in [3.63, 3.8) is 0 Å². The second-order valence-corrected chi connectivity index (χ2v) is 4.55. The first-order valence-corrected chi connectivity index (χ1v) is 5.65. The van der Waals surface area contributed by atoms with Gasteiger partial charge in [-0.2, -0.15) is 10.9 Å². The van der Waals surface area contributed by atoms with E-state index in [2.05, 4.69) is 23.8 Å². The van der Waals surface area contributed by atoms with Crippen LogP contribution in [-0.4, -0.2) is 6.29 Å². The van der Waals surface area contributed by atoms with Gasteiger partial charge in [0.15, 0.2) is 6.29 Å². The fraction of sp³-hybridized carbons (Fsp3) is 0.300. The monoisotopic (exact) mass is 182 g/mol. The van der Waals surface area contributed by atoms with Gasteiger partial charge in [0.05, 0.1) is 0 Å². The summed E-state index contributed by atoms with van der Waals surface area (Å²) in [5, 5.41) is 4.20. The van der Waals surface area contributed by atoms with Crippen molar-refractivity contribution in [2.75, 3.05) is 0 Å². The Kier molecular flexibility index (Phi) is 3.88. The number of carbonyl (C=O) groups excluding carboxylic acids is 1. The average Bonchev–Trinajstić information content (AvgIpc) is 2.59. The van der Waals surface area contributed by atoms with E-state index in [1.165, 1.54) is 0 Å². The lowest BCUT2D eigenvalue weighted by atomic mass is 10.3. The summed E-state index contributed by atoms with van der Waals surface area (Å²) >= 11 is 0. The van der Waals surface area contributed by atoms with Crippen molar-refractivity contribution in [3.8, 4) is 0 Å². The van der Waals surface area contributed by atoms with Crippen molar-refractivity contribution in [3.05, 3.63) is 33.9 Å². The second kappa shape index (κ2) is 4.99. The highest BCUT2D eigenvalue weighted by atomic mass is 32.2. The smallest absolute Gasteiger partial charge is 0.154 e. The second-order valence-electron chi connectivity index (χ2n) is 2.63. The van der Waals surface area contributed by atoms with E-state index in [1.54, 1.807) is 0 Å². The lowest BCUT2D eigenvalue weighted by Crippen LogP contribution is -1.81. The average molecular weight is 182 g/mol. The molecule has 0 aromatic rings. The van der Waals surface area contributed by atoms with E-state index in [9.17, 15) is 4.79 Å². The number of allylic oxidation sites excluding steroid dienone is 4. The van der Waals surface area contributed by atoms with Crippen LogP contribution in [0.2, 0.25) is 0 Å². The van der Waals surface area contributed by atoms with Gasteiger partial charge in [-0.15, -0.1) is 0 Å². The van der Waals surface area contributed by atoms with Crippen molar-refractivity contribution in [1.82, 2.24) is 0 Å². The molecule has 0 aromatic carbocycles. The van der Waals surface area contributed by atoms with Gasteiger partial charge in [-0.3, -0.25) is 4.79 Å². The Bertz CT molecular complexity index is 226. The van der Waals surface area contributed by atoms with Crippen LogP contribution in [0, 0.1) is 0 Å². The van der Waals surface area contributed by atoms with E-state index in [0.29, 0.717) is 0 Å². The zero-order valence-corrected chi connectivity index (χ0v) is 8.13. The van der Waals surface area contributed by atoms with Crippen LogP contribution < -0.4 is 0 Å². The van der Waals surface area contributed by atoms with E-state index in [-0.39, 0.29) is 10.9 Å². The van der Waals surface area contributed by atoms with Gasteiger partial charge in [0.2, 0.25) is 0 Å². The molecule has 0 atom stereocenters. The first kappa shape index (κ1) is 9.33. The number of unbranched alkanes of at least 4 members (excludes halogenated alkanes) is 1. The molecule has 1 nitrogen and oxygen atoms in total. The van der Waals surface area contributed by atoms with Gasteiger partial charge in [-0.05, 0) is 17.2 Å². The quantitative estimate of drug-likeness (QED) is 0.402. The van der Waals surface area contributed by atoms with Gasteiger partial charge >= 0.3 is 0 Å². The third-order valence-electron chi connectivity index (χ3n) is 1.67. The maximum Gasteiger partial charge on any atom is 0.154 e. The van der Waals surface area contributed by atoms with Crippen LogP contribution >= 0.6 is 10.9 Å². The Morgan fingerprint density at radius 3 is 2.58 bits per heavy atom. The van der Waals surface area contributed by atoms with Crippen LogP contribution in [0.1, 0.15) is 19.8 Å². The minimum absolute atomic E-state index is 0.388. The predicted octanol–water partition coefficient (Wildman–Crippen LogP) is 2.91. The Morgan fingerprint density at radius 2 is 2.08 bits per heavy atom. The molecule has 0 aromatic heterocycles. The maximum atomic E-state index is 10.7. The fourth-order valence-electron chi connectivity index (χ4n) is 1.01. The molecule has 1 rings (SSSR count). The number of hydrogen-bond donors (Lipinski definition) is 1. The van der Waals surface area contributed by atoms with Crippen molar-refractivity contribution in [2.45, 2.75) is 19.8 Å². The lowest BCUT2D eigenvalue weighted by Gasteiger charge is -2.08. The maximum absolute atomic E-state index is 10.7. The Labute approximate surface area is 76.2 Å². The molecule has 1 aliphatic rings. The predicted molar refractivity (Wildman–Crippen MR) is 56.3 cm³/mol. The van der Waals surface area contributed by atoms with E-state index < -0.39 is 0 Å². The Balaban J connectivity index is 2.61. The highest BCUT2D eigenvalue weighted by Crippen LogP contribution is 2.40. The molecule has 0 fully saturated rings. The summed E-state index contributed by atoms with van der Waals surface area (Å²) in [6, 6.07) is 0. The number of rotatable bonds is 4. The van der Waals surface area contributed by atoms with E-state index in [1.807, 2.05) is 12.2 Å². The number of aldehydes is 1. The molecule has 0 saturated carbocycles. The molecule has 0 bridgehead atoms. The van der Waals surface area contributed by atoms with Gasteiger partial charge in [-0.1, -0.05) is 31.6 Å². The molecule has 0 radical (unpaired) electrons. The molecule has 0 aliphatic carbocycles. The minimum Gasteiger partial charge on any atom is -0.297 e. The summed E-state index contributed by atoms with van der Waals surface area (Å²) in [5.74, 6) is 0. The topological polar surface area (TPSA) is 17.1 Å². The summed E-state index contributed by atoms with van der Waals surface area (Å²) in [7, 11) is -0.388. The molecule has 0 spiro atoms. The van der Waals surface area contributed by atoms with Crippen molar-refractivity contribution < 1.29 is 4.79 Å². The van der Waals surface area contributed by atoms with Crippen molar-refractivity contribution in [2.24, 2.45) is 0 Å². The fourth-order valence-corrected chi connectivity index (χ4v) is 2.49. The summed E-state index contributed by atoms with van der Waals surface area (Å²) in [5.41, 5.74) is 0. The van der Waals surface area contributed by atoms with Gasteiger partial charge in [0.25, 0.3) is 0 Å². The van der Waals surface area contributed by atoms with Gasteiger partial charge in [0, 0.05) is 4.91 Å². The first-order valence-electron chi connectivity index (χ1n) is 4.17. The van der Waals surface area contributed by atoms with Crippen LogP contribution in [-0.2, 0) is 4.79 Å². The lowest BCUT2D eigenvalue weighted by molar-refractivity contribution is -0.104. The molecule has 0 amide bonds. The number of thiol groups is 1. The number of carbonyl (C=O) groups is 1. The SMILES string of the molecule is CCC/C=C(\C=O)[SH]1C=CC=C1. The zero-order valence-electron chi connectivity index (χ0n) is 7.23. The molecule has 2 heteroatoms. The van der Waals surface area contributed by atoms with E-state index >= 15 is 0 Å². The van der Waals surface area contributed by atoms with Gasteiger partial charge < -0.3 is 0 Å². The summed E-state index contributed by atoms with van der Waals surface area (Å²) in [4.78, 5) is 11.6. The zero-order chi connectivity index (χ0) is 8.81. The highest BCUT2D eigenvalue weighted by Gasteiger charge is 2.03. The molecule has 0 saturated heterocycles. The molecule has 0 N–H and O–H groups in total. The molecule has 1 aliphatic heterocycles. The summed E-state index contributed by atoms with van der Waals surface area (Å²) < 4.78 is 0. The molecular weight excluding hydrogens is 168 g/mol. The van der Waals surface area contributed by atoms with Crippen LogP contribution in [0.25, 0.3) is 0 Å². The van der Waals surface area contributed by atoms with Crippen LogP contribution in [0.5, 0.6) is 0 Å². The minimum atomic E-state index is -0.388. The highest BCUT2D eigenvalue weighted by molar-refractivity contribution is 8.26. The standard InChI is InChI=1S/C10H14OS/c1-2-3-6-10(9-11)12-7-4-5-8-12/h4-9,12H,2-3H2,1H3/b10-6+.